The molecule has 3 aromatic rings. The Labute approximate surface area is 206 Å². The van der Waals surface area contributed by atoms with Crippen molar-refractivity contribution in [3.8, 4) is 17.0 Å². The molecule has 0 saturated carbocycles. The number of carbonyl (C=O) groups is 1. The number of rotatable bonds is 8. The van der Waals surface area contributed by atoms with Gasteiger partial charge in [0.2, 0.25) is 5.91 Å². The predicted octanol–water partition coefficient (Wildman–Crippen LogP) is 3.73. The van der Waals surface area contributed by atoms with Crippen molar-refractivity contribution in [1.29, 1.82) is 0 Å². The molecule has 35 heavy (non-hydrogen) atoms. The second-order valence-corrected chi connectivity index (χ2v) is 8.57. The van der Waals surface area contributed by atoms with Gasteiger partial charge < -0.3 is 9.64 Å². The summed E-state index contributed by atoms with van der Waals surface area (Å²) in [6, 6.07) is 20.3. The number of hydrogen-bond donors (Lipinski definition) is 0. The van der Waals surface area contributed by atoms with Crippen LogP contribution >= 0.6 is 0 Å². The lowest BCUT2D eigenvalue weighted by Gasteiger charge is -2.35. The molecule has 7 nitrogen and oxygen atoms in total. The van der Waals surface area contributed by atoms with Gasteiger partial charge in [-0.1, -0.05) is 42.5 Å². The molecule has 7 heteroatoms. The first kappa shape index (κ1) is 24.4. The largest absolute Gasteiger partial charge is 0.494 e. The van der Waals surface area contributed by atoms with E-state index in [1.54, 1.807) is 13.0 Å². The number of amides is 1. The number of piperazine rings is 1. The monoisotopic (exact) mass is 472 g/mol. The van der Waals surface area contributed by atoms with Crippen LogP contribution < -0.4 is 10.3 Å². The van der Waals surface area contributed by atoms with Crippen LogP contribution in [-0.2, 0) is 4.79 Å². The van der Waals surface area contributed by atoms with E-state index < -0.39 is 6.04 Å². The minimum absolute atomic E-state index is 0.0806. The third kappa shape index (κ3) is 6.25. The molecule has 1 amide bonds. The molecule has 1 unspecified atom stereocenters. The molecule has 1 saturated heterocycles. The van der Waals surface area contributed by atoms with Crippen LogP contribution in [0.2, 0.25) is 0 Å². The van der Waals surface area contributed by atoms with E-state index in [0.29, 0.717) is 25.4 Å². The van der Waals surface area contributed by atoms with Gasteiger partial charge in [0.05, 0.1) is 12.3 Å². The average Bonchev–Trinajstić information content (AvgIpc) is 2.90. The average molecular weight is 473 g/mol. The Morgan fingerprint density at radius 2 is 1.71 bits per heavy atom. The molecular formula is C28H32N4O3. The first-order chi connectivity index (χ1) is 17.0. The zero-order chi connectivity index (χ0) is 24.6. The SMILES string of the molecule is CCOc1ccc(-c2ccc(=O)n(C(C)C(=O)N3CCN(C/C=C/c4ccccc4)CC3)n2)cc1. The Morgan fingerprint density at radius 3 is 2.40 bits per heavy atom. The van der Waals surface area contributed by atoms with Crippen LogP contribution in [-0.4, -0.2) is 64.8 Å². The van der Waals surface area contributed by atoms with E-state index in [4.69, 9.17) is 4.74 Å². The van der Waals surface area contributed by atoms with Gasteiger partial charge in [-0.3, -0.25) is 14.5 Å². The third-order valence-electron chi connectivity index (χ3n) is 6.17. The molecule has 2 aromatic carbocycles. The summed E-state index contributed by atoms with van der Waals surface area (Å²) >= 11 is 0. The summed E-state index contributed by atoms with van der Waals surface area (Å²) in [5.74, 6) is 0.700. The van der Waals surface area contributed by atoms with Crippen molar-refractivity contribution < 1.29 is 9.53 Å². The molecule has 0 spiro atoms. The summed E-state index contributed by atoms with van der Waals surface area (Å²) < 4.78 is 6.79. The van der Waals surface area contributed by atoms with Gasteiger partial charge >= 0.3 is 0 Å². The maximum absolute atomic E-state index is 13.2. The molecule has 1 aliphatic heterocycles. The van der Waals surface area contributed by atoms with Crippen molar-refractivity contribution in [2.24, 2.45) is 0 Å². The number of aromatic nitrogens is 2. The fourth-order valence-electron chi connectivity index (χ4n) is 4.17. The normalized spacial score (nSPS) is 15.3. The fourth-order valence-corrected chi connectivity index (χ4v) is 4.17. The van der Waals surface area contributed by atoms with Gasteiger partial charge in [0.15, 0.2) is 0 Å². The van der Waals surface area contributed by atoms with Gasteiger partial charge in [0.1, 0.15) is 11.8 Å². The molecule has 0 aliphatic carbocycles. The van der Waals surface area contributed by atoms with Gasteiger partial charge in [0, 0.05) is 44.4 Å². The molecule has 0 N–H and O–H groups in total. The first-order valence-corrected chi connectivity index (χ1v) is 12.1. The lowest BCUT2D eigenvalue weighted by Crippen LogP contribution is -2.51. The standard InChI is InChI=1S/C28H32N4O3/c1-3-35-25-13-11-24(12-14-25)26-15-16-27(33)32(29-26)22(2)28(34)31-20-18-30(19-21-31)17-7-10-23-8-5-4-6-9-23/h4-16,22H,3,17-21H2,1-2H3/b10-7+. The summed E-state index contributed by atoms with van der Waals surface area (Å²) in [4.78, 5) is 29.9. The Kier molecular flexibility index (Phi) is 8.11. The molecule has 182 valence electrons. The molecule has 2 heterocycles. The lowest BCUT2D eigenvalue weighted by molar-refractivity contribution is -0.136. The van der Waals surface area contributed by atoms with Crippen molar-refractivity contribution in [1.82, 2.24) is 19.6 Å². The number of nitrogens with zero attached hydrogens (tertiary/aromatic N) is 4. The first-order valence-electron chi connectivity index (χ1n) is 12.1. The molecule has 1 aromatic heterocycles. The summed E-state index contributed by atoms with van der Waals surface area (Å²) in [7, 11) is 0. The smallest absolute Gasteiger partial charge is 0.267 e. The van der Waals surface area contributed by atoms with E-state index in [1.165, 1.54) is 16.3 Å². The van der Waals surface area contributed by atoms with Crippen LogP contribution in [0.4, 0.5) is 0 Å². The molecule has 0 bridgehead atoms. The van der Waals surface area contributed by atoms with Gasteiger partial charge in [0.25, 0.3) is 5.56 Å². The Hall–Kier alpha value is -3.71. The van der Waals surface area contributed by atoms with E-state index in [9.17, 15) is 9.59 Å². The van der Waals surface area contributed by atoms with E-state index in [-0.39, 0.29) is 11.5 Å². The fraction of sp³-hybridized carbons (Fsp3) is 0.321. The van der Waals surface area contributed by atoms with Crippen molar-refractivity contribution in [2.75, 3.05) is 39.3 Å². The predicted molar refractivity (Wildman–Crippen MR) is 138 cm³/mol. The van der Waals surface area contributed by atoms with Crippen molar-refractivity contribution in [2.45, 2.75) is 19.9 Å². The minimum Gasteiger partial charge on any atom is -0.494 e. The number of hydrogen-bond acceptors (Lipinski definition) is 5. The number of benzene rings is 2. The van der Waals surface area contributed by atoms with Crippen LogP contribution in [0.3, 0.4) is 0 Å². The zero-order valence-electron chi connectivity index (χ0n) is 20.3. The molecule has 0 radical (unpaired) electrons. The summed E-state index contributed by atoms with van der Waals surface area (Å²) in [5.41, 5.74) is 2.40. The molecule has 1 fully saturated rings. The maximum Gasteiger partial charge on any atom is 0.267 e. The minimum atomic E-state index is -0.672. The van der Waals surface area contributed by atoms with Crippen molar-refractivity contribution >= 4 is 12.0 Å². The van der Waals surface area contributed by atoms with Gasteiger partial charge in [-0.25, -0.2) is 4.68 Å². The maximum atomic E-state index is 13.2. The molecule has 1 aliphatic rings. The highest BCUT2D eigenvalue weighted by Crippen LogP contribution is 2.21. The van der Waals surface area contributed by atoms with Crippen molar-refractivity contribution in [3.63, 3.8) is 0 Å². The van der Waals surface area contributed by atoms with E-state index in [2.05, 4.69) is 34.3 Å². The van der Waals surface area contributed by atoms with Crippen LogP contribution in [0.15, 0.2) is 77.6 Å². The van der Waals surface area contributed by atoms with E-state index in [0.717, 1.165) is 30.9 Å². The Balaban J connectivity index is 1.36. The van der Waals surface area contributed by atoms with Crippen LogP contribution in [0.25, 0.3) is 17.3 Å². The van der Waals surface area contributed by atoms with Crippen LogP contribution in [0.5, 0.6) is 5.75 Å². The molecule has 1 atom stereocenters. The molecular weight excluding hydrogens is 440 g/mol. The van der Waals surface area contributed by atoms with Gasteiger partial charge in [-0.2, -0.15) is 5.10 Å². The highest BCUT2D eigenvalue weighted by atomic mass is 16.5. The van der Waals surface area contributed by atoms with Gasteiger partial charge in [-0.15, -0.1) is 0 Å². The second-order valence-electron chi connectivity index (χ2n) is 8.57. The zero-order valence-corrected chi connectivity index (χ0v) is 20.3. The van der Waals surface area contributed by atoms with E-state index in [1.807, 2.05) is 54.3 Å². The van der Waals surface area contributed by atoms with Crippen molar-refractivity contribution in [3.05, 3.63) is 88.7 Å². The van der Waals surface area contributed by atoms with Crippen LogP contribution in [0.1, 0.15) is 25.5 Å². The number of carbonyl (C=O) groups excluding carboxylic acids is 1. The van der Waals surface area contributed by atoms with Crippen LogP contribution in [0, 0.1) is 0 Å². The Morgan fingerprint density at radius 1 is 1.00 bits per heavy atom. The van der Waals surface area contributed by atoms with Gasteiger partial charge in [-0.05, 0) is 49.7 Å². The highest BCUT2D eigenvalue weighted by Gasteiger charge is 2.27. The quantitative estimate of drug-likeness (QED) is 0.500. The summed E-state index contributed by atoms with van der Waals surface area (Å²) in [6.45, 7) is 7.99. The number of ether oxygens (including phenoxy) is 1. The second kappa shape index (κ2) is 11.6. The van der Waals surface area contributed by atoms with E-state index >= 15 is 0 Å². The lowest BCUT2D eigenvalue weighted by atomic mass is 10.1. The molecule has 4 rings (SSSR count). The summed E-state index contributed by atoms with van der Waals surface area (Å²) in [6.07, 6.45) is 4.28. The third-order valence-corrected chi connectivity index (χ3v) is 6.17. The highest BCUT2D eigenvalue weighted by molar-refractivity contribution is 5.80. The topological polar surface area (TPSA) is 67.7 Å². The Bertz CT molecular complexity index is 1200. The summed E-state index contributed by atoms with van der Waals surface area (Å²) in [5, 5.41) is 4.51.